The van der Waals surface area contributed by atoms with Crippen LogP contribution in [0.1, 0.15) is 128 Å². The smallest absolute Gasteiger partial charge is 0.294 e. The third kappa shape index (κ3) is 11.1. The molecule has 15 nitrogen and oxygen atoms in total. The van der Waals surface area contributed by atoms with Gasteiger partial charge in [-0.1, -0.05) is 0 Å². The van der Waals surface area contributed by atoms with Gasteiger partial charge in [0, 0.05) is 54.2 Å². The van der Waals surface area contributed by atoms with Gasteiger partial charge in [-0.25, -0.2) is 17.2 Å². The fourth-order valence-corrected chi connectivity index (χ4v) is 9.95. The number of sulfone groups is 1. The predicted molar refractivity (Wildman–Crippen MR) is 249 cm³/mol. The van der Waals surface area contributed by atoms with E-state index in [1.54, 1.807) is 66.3 Å². The molecule has 0 bridgehead atoms. The van der Waals surface area contributed by atoms with E-state index in [1.165, 1.54) is 41.2 Å². The molecule has 4 aromatic rings. The zero-order valence-electron chi connectivity index (χ0n) is 39.5. The summed E-state index contributed by atoms with van der Waals surface area (Å²) < 4.78 is 53.8. The Labute approximate surface area is 384 Å². The Balaban J connectivity index is 0.000000249. The molecule has 6 rings (SSSR count). The number of nitrogens with one attached hydrogen (secondary N) is 5. The largest absolute Gasteiger partial charge is 0.344 e. The van der Waals surface area contributed by atoms with Gasteiger partial charge in [-0.15, -0.1) is 0 Å². The van der Waals surface area contributed by atoms with Crippen molar-refractivity contribution in [2.75, 3.05) is 30.0 Å². The van der Waals surface area contributed by atoms with Crippen LogP contribution in [0.15, 0.2) is 36.4 Å². The quantitative estimate of drug-likeness (QED) is 0.0861. The molecule has 2 aromatic heterocycles. The van der Waals surface area contributed by atoms with Crippen LogP contribution in [0.3, 0.4) is 0 Å². The molecule has 2 aliphatic rings. The molecule has 0 radical (unpaired) electrons. The molecule has 66 heavy (non-hydrogen) atoms. The van der Waals surface area contributed by atoms with E-state index in [1.807, 2.05) is 13.8 Å². The molecule has 1 saturated heterocycles. The Kier molecular flexibility index (Phi) is 15.3. The lowest BCUT2D eigenvalue weighted by Gasteiger charge is -2.37. The van der Waals surface area contributed by atoms with Crippen molar-refractivity contribution in [2.45, 2.75) is 110 Å². The lowest BCUT2D eigenvalue weighted by Crippen LogP contribution is -2.54. The minimum Gasteiger partial charge on any atom is -0.344 e. The van der Waals surface area contributed by atoms with Crippen LogP contribution < -0.4 is 26.6 Å². The lowest BCUT2D eigenvalue weighted by molar-refractivity contribution is -0.119. The van der Waals surface area contributed by atoms with Gasteiger partial charge in [0.05, 0.1) is 27.8 Å². The molecule has 2 aromatic carbocycles. The predicted octanol–water partition coefficient (Wildman–Crippen LogP) is 6.17. The molecule has 4 amide bonds. The summed E-state index contributed by atoms with van der Waals surface area (Å²) in [5, 5.41) is 13.9. The van der Waals surface area contributed by atoms with E-state index in [0.29, 0.717) is 76.3 Å². The van der Waals surface area contributed by atoms with Crippen molar-refractivity contribution >= 4 is 56.4 Å². The van der Waals surface area contributed by atoms with Gasteiger partial charge < -0.3 is 35.7 Å². The number of carbonyl (C=O) groups is 6. The van der Waals surface area contributed by atoms with E-state index in [0.717, 1.165) is 25.9 Å². The number of benzene rings is 2. The highest BCUT2D eigenvalue weighted by molar-refractivity contribution is 7.91. The van der Waals surface area contributed by atoms with Crippen LogP contribution in [0.2, 0.25) is 0 Å². The van der Waals surface area contributed by atoms with Gasteiger partial charge in [-0.05, 0) is 166 Å². The number of nitrogens with zero attached hydrogens (tertiary/aromatic N) is 2. The zero-order valence-corrected chi connectivity index (χ0v) is 40.3. The van der Waals surface area contributed by atoms with Gasteiger partial charge in [0.1, 0.15) is 21.5 Å². The van der Waals surface area contributed by atoms with Crippen molar-refractivity contribution < 1.29 is 46.0 Å². The molecule has 356 valence electrons. The summed E-state index contributed by atoms with van der Waals surface area (Å²) in [6.07, 6.45) is 4.41. The van der Waals surface area contributed by atoms with E-state index in [2.05, 4.69) is 26.6 Å². The number of aromatic nitrogens is 2. The summed E-state index contributed by atoms with van der Waals surface area (Å²) in [5.74, 6) is -4.52. The molecule has 0 atom stereocenters. The summed E-state index contributed by atoms with van der Waals surface area (Å²) in [6.45, 7) is 15.2. The summed E-state index contributed by atoms with van der Waals surface area (Å²) in [7, 11) is 0.120. The number of hydrogen-bond acceptors (Lipinski definition) is 9. The second kappa shape index (κ2) is 19.8. The first-order valence-corrected chi connectivity index (χ1v) is 23.7. The number of carbonyl (C=O) groups excluding carboxylic acids is 6. The molecule has 0 unspecified atom stereocenters. The molecule has 1 aliphatic heterocycles. The molecule has 1 saturated carbocycles. The van der Waals surface area contributed by atoms with Crippen molar-refractivity contribution in [3.8, 4) is 0 Å². The van der Waals surface area contributed by atoms with Crippen LogP contribution in [0, 0.1) is 53.2 Å². The molecular formula is C48H61F2N7O8S. The van der Waals surface area contributed by atoms with Gasteiger partial charge in [-0.2, -0.15) is 0 Å². The van der Waals surface area contributed by atoms with E-state index < -0.39 is 61.4 Å². The number of hydrogen-bond donors (Lipinski definition) is 5. The maximum absolute atomic E-state index is 13.6. The van der Waals surface area contributed by atoms with Gasteiger partial charge in [-0.3, -0.25) is 28.8 Å². The average Bonchev–Trinajstić information content (AvgIpc) is 3.60. The van der Waals surface area contributed by atoms with Crippen molar-refractivity contribution in [3.05, 3.63) is 104 Å². The Morgan fingerprint density at radius 2 is 1.00 bits per heavy atom. The topological polar surface area (TPSA) is 207 Å². The van der Waals surface area contributed by atoms with Crippen LogP contribution in [0.5, 0.6) is 0 Å². The standard InChI is InChI=1S/C25H32FN3O5S.C23H29FN4O3/c1-14-13-17(7-8-19(14)26)27-23(31)20-15(2)21(29(5)16(20)3)22(30)24(32)28-25(4)11-9-18(10-12-25)35(6,33)34;1-13-12-16(6-7-17(13)24)26-21(30)18-14(2)19(28(5)15(18)3)20(29)22(31)27-23(4)8-10-25-11-9-23/h7-8,13,18H,9-12H2,1-6H3,(H,27,31)(H,28,32);6-7,12,25H,8-11H2,1-5H3,(H,26,30)(H,27,31). The molecule has 0 spiro atoms. The van der Waals surface area contributed by atoms with E-state index in [-0.39, 0.29) is 28.6 Å². The molecule has 18 heteroatoms. The van der Waals surface area contributed by atoms with Crippen LogP contribution >= 0.6 is 0 Å². The number of amides is 4. The normalized spacial score (nSPS) is 18.0. The Morgan fingerprint density at radius 3 is 1.35 bits per heavy atom. The minimum absolute atomic E-state index is 0.105. The number of piperidine rings is 1. The fraction of sp³-hybridized carbons (Fsp3) is 0.458. The first-order chi connectivity index (χ1) is 30.7. The highest BCUT2D eigenvalue weighted by Crippen LogP contribution is 2.32. The van der Waals surface area contributed by atoms with Crippen LogP contribution in [0.25, 0.3) is 0 Å². The number of aryl methyl sites for hydroxylation is 2. The summed E-state index contributed by atoms with van der Waals surface area (Å²) in [5.41, 5.74) is 3.31. The van der Waals surface area contributed by atoms with Crippen molar-refractivity contribution in [2.24, 2.45) is 14.1 Å². The number of anilines is 2. The van der Waals surface area contributed by atoms with E-state index in [9.17, 15) is 46.0 Å². The van der Waals surface area contributed by atoms with E-state index in [4.69, 9.17) is 0 Å². The Hall–Kier alpha value is -6.01. The van der Waals surface area contributed by atoms with Crippen LogP contribution in [-0.4, -0.2) is 88.4 Å². The maximum Gasteiger partial charge on any atom is 0.294 e. The number of halogens is 2. The van der Waals surface area contributed by atoms with Gasteiger partial charge in [0.2, 0.25) is 0 Å². The first-order valence-electron chi connectivity index (χ1n) is 21.8. The van der Waals surface area contributed by atoms with Gasteiger partial charge >= 0.3 is 0 Å². The Bertz CT molecular complexity index is 2730. The van der Waals surface area contributed by atoms with Crippen LogP contribution in [0.4, 0.5) is 20.2 Å². The second-order valence-corrected chi connectivity index (χ2v) is 20.6. The maximum atomic E-state index is 13.6. The molecule has 3 heterocycles. The molecule has 5 N–H and O–H groups in total. The van der Waals surface area contributed by atoms with Crippen molar-refractivity contribution in [1.82, 2.24) is 25.1 Å². The van der Waals surface area contributed by atoms with Crippen molar-refractivity contribution in [3.63, 3.8) is 0 Å². The van der Waals surface area contributed by atoms with Crippen molar-refractivity contribution in [1.29, 1.82) is 0 Å². The summed E-state index contributed by atoms with van der Waals surface area (Å²) >= 11 is 0. The average molecular weight is 934 g/mol. The second-order valence-electron chi connectivity index (χ2n) is 18.3. The summed E-state index contributed by atoms with van der Waals surface area (Å²) in [4.78, 5) is 77.8. The molecule has 1 aliphatic carbocycles. The SMILES string of the molecule is Cc1cc(NC(=O)c2c(C)c(C(=O)C(=O)NC3(C)CCC(S(C)(=O)=O)CC3)n(C)c2C)ccc1F.Cc1cc(NC(=O)c2c(C)c(C(=O)C(=O)NC3(C)CCNCC3)n(C)c2C)ccc1F. The minimum atomic E-state index is -3.15. The monoisotopic (exact) mass is 933 g/mol. The van der Waals surface area contributed by atoms with Gasteiger partial charge in [0.15, 0.2) is 0 Å². The highest BCUT2D eigenvalue weighted by Gasteiger charge is 2.39. The number of Topliss-reactive ketones (excluding diaryl/α,β-unsaturated/α-hetero) is 2. The summed E-state index contributed by atoms with van der Waals surface area (Å²) in [6, 6.07) is 8.54. The highest BCUT2D eigenvalue weighted by atomic mass is 32.2. The van der Waals surface area contributed by atoms with Gasteiger partial charge in [0.25, 0.3) is 35.2 Å². The molecular weight excluding hydrogens is 873 g/mol. The van der Waals surface area contributed by atoms with E-state index >= 15 is 0 Å². The molecule has 2 fully saturated rings. The number of rotatable bonds is 11. The fourth-order valence-electron chi connectivity index (χ4n) is 8.86. The third-order valence-corrected chi connectivity index (χ3v) is 14.9. The lowest BCUT2D eigenvalue weighted by atomic mass is 9.83. The third-order valence-electron chi connectivity index (χ3n) is 13.2. The first kappa shape index (κ1) is 51.0. The zero-order chi connectivity index (χ0) is 49.2. The number of ketones is 2. The Morgan fingerprint density at radius 1 is 0.636 bits per heavy atom. The van der Waals surface area contributed by atoms with Crippen LogP contribution in [-0.2, 0) is 33.5 Å².